The lowest BCUT2D eigenvalue weighted by Crippen LogP contribution is -2.50. The summed E-state index contributed by atoms with van der Waals surface area (Å²) in [5, 5.41) is 14.5. The third kappa shape index (κ3) is 4.76. The van der Waals surface area contributed by atoms with Crippen LogP contribution in [0.3, 0.4) is 0 Å². The second-order valence-corrected chi connectivity index (χ2v) is 7.07. The van der Waals surface area contributed by atoms with Crippen molar-refractivity contribution in [3.05, 3.63) is 26.7 Å². The number of hydrogen-bond donors (Lipinski definition) is 3. The average molecular weight is 398 g/mol. The Hall–Kier alpha value is -0.980. The van der Waals surface area contributed by atoms with Gasteiger partial charge in [0.15, 0.2) is 0 Å². The summed E-state index contributed by atoms with van der Waals surface area (Å²) in [5.74, 6) is -1.11. The fourth-order valence-electron chi connectivity index (χ4n) is 1.56. The smallest absolute Gasteiger partial charge is 0.326 e. The standard InChI is InChI=1S/C13H15BrCl2N2O3/c1-13(2,3)10(11(19)20)18-12(21)17-7-5-4-6(14)8(15)9(7)16/h4-5,10H,1-3H3,(H,19,20)(H2,17,18,21)/t10-/m0/s1. The van der Waals surface area contributed by atoms with Crippen molar-refractivity contribution in [3.8, 4) is 0 Å². The molecule has 0 aliphatic heterocycles. The Labute approximate surface area is 141 Å². The van der Waals surface area contributed by atoms with Crippen LogP contribution in [0.1, 0.15) is 20.8 Å². The summed E-state index contributed by atoms with van der Waals surface area (Å²) in [6.07, 6.45) is 0. The Balaban J connectivity index is 2.87. The van der Waals surface area contributed by atoms with E-state index in [4.69, 9.17) is 28.3 Å². The largest absolute Gasteiger partial charge is 0.480 e. The van der Waals surface area contributed by atoms with Crippen LogP contribution < -0.4 is 10.6 Å². The predicted molar refractivity (Wildman–Crippen MR) is 87.2 cm³/mol. The van der Waals surface area contributed by atoms with Gasteiger partial charge >= 0.3 is 12.0 Å². The maximum Gasteiger partial charge on any atom is 0.326 e. The van der Waals surface area contributed by atoms with Gasteiger partial charge in [0, 0.05) is 4.47 Å². The van der Waals surface area contributed by atoms with Crippen LogP contribution in [0.5, 0.6) is 0 Å². The summed E-state index contributed by atoms with van der Waals surface area (Å²) in [6, 6.07) is 1.48. The number of halogens is 3. The summed E-state index contributed by atoms with van der Waals surface area (Å²) < 4.78 is 0.596. The van der Waals surface area contributed by atoms with Crippen LogP contribution in [0, 0.1) is 5.41 Å². The van der Waals surface area contributed by atoms with Crippen molar-refractivity contribution >= 4 is 56.8 Å². The van der Waals surface area contributed by atoms with Crippen molar-refractivity contribution in [3.63, 3.8) is 0 Å². The molecule has 1 aromatic rings. The van der Waals surface area contributed by atoms with E-state index in [1.165, 1.54) is 0 Å². The molecule has 8 heteroatoms. The minimum Gasteiger partial charge on any atom is -0.480 e. The molecule has 0 aromatic heterocycles. The number of nitrogens with one attached hydrogen (secondary N) is 2. The van der Waals surface area contributed by atoms with Crippen LogP contribution in [-0.2, 0) is 4.79 Å². The molecule has 0 spiro atoms. The number of hydrogen-bond acceptors (Lipinski definition) is 2. The molecule has 5 nitrogen and oxygen atoms in total. The number of rotatable bonds is 3. The third-order valence-electron chi connectivity index (χ3n) is 2.67. The first-order valence-electron chi connectivity index (χ1n) is 5.98. The molecule has 1 rings (SSSR count). The zero-order valence-corrected chi connectivity index (χ0v) is 14.7. The van der Waals surface area contributed by atoms with Gasteiger partial charge in [0.1, 0.15) is 6.04 Å². The van der Waals surface area contributed by atoms with Gasteiger partial charge in [-0.1, -0.05) is 44.0 Å². The van der Waals surface area contributed by atoms with E-state index >= 15 is 0 Å². The fourth-order valence-corrected chi connectivity index (χ4v) is 2.38. The molecule has 0 unspecified atom stereocenters. The maximum atomic E-state index is 11.9. The highest BCUT2D eigenvalue weighted by Gasteiger charge is 2.32. The summed E-state index contributed by atoms with van der Waals surface area (Å²) in [5.41, 5.74) is -0.343. The zero-order chi connectivity index (χ0) is 16.4. The first-order chi connectivity index (χ1) is 9.54. The Morgan fingerprint density at radius 3 is 2.29 bits per heavy atom. The van der Waals surface area contributed by atoms with Crippen LogP contribution in [-0.4, -0.2) is 23.1 Å². The number of anilines is 1. The monoisotopic (exact) mass is 396 g/mol. The van der Waals surface area contributed by atoms with E-state index in [-0.39, 0.29) is 10.0 Å². The quantitative estimate of drug-likeness (QED) is 0.662. The van der Waals surface area contributed by atoms with Crippen molar-refractivity contribution in [2.45, 2.75) is 26.8 Å². The van der Waals surface area contributed by atoms with Gasteiger partial charge in [-0.05, 0) is 33.5 Å². The minimum atomic E-state index is -1.11. The van der Waals surface area contributed by atoms with E-state index in [0.717, 1.165) is 0 Å². The highest BCUT2D eigenvalue weighted by atomic mass is 79.9. The second-order valence-electron chi connectivity index (χ2n) is 5.46. The Morgan fingerprint density at radius 2 is 1.81 bits per heavy atom. The van der Waals surface area contributed by atoms with Gasteiger partial charge in [0.05, 0.1) is 15.7 Å². The van der Waals surface area contributed by atoms with Crippen LogP contribution in [0.25, 0.3) is 0 Å². The lowest BCUT2D eigenvalue weighted by molar-refractivity contribution is -0.141. The number of carbonyl (C=O) groups is 2. The molecule has 0 bridgehead atoms. The van der Waals surface area contributed by atoms with E-state index < -0.39 is 23.5 Å². The minimum absolute atomic E-state index is 0.170. The molecule has 2 amide bonds. The topological polar surface area (TPSA) is 78.4 Å². The fraction of sp³-hybridized carbons (Fsp3) is 0.385. The molecule has 0 saturated heterocycles. The molecular formula is C13H15BrCl2N2O3. The molecule has 0 heterocycles. The average Bonchev–Trinajstić information content (AvgIpc) is 2.35. The Kier molecular flexibility index (Phi) is 5.90. The van der Waals surface area contributed by atoms with Gasteiger partial charge in [-0.25, -0.2) is 9.59 Å². The summed E-state index contributed by atoms with van der Waals surface area (Å²) in [4.78, 5) is 23.1. The molecule has 0 fully saturated rings. The summed E-state index contributed by atoms with van der Waals surface area (Å²) >= 11 is 15.2. The molecule has 1 atom stereocenters. The number of carbonyl (C=O) groups excluding carboxylic acids is 1. The highest BCUT2D eigenvalue weighted by Crippen LogP contribution is 2.35. The molecule has 0 aliphatic rings. The first kappa shape index (κ1) is 18.1. The normalized spacial score (nSPS) is 12.7. The van der Waals surface area contributed by atoms with Gasteiger partial charge in [-0.3, -0.25) is 0 Å². The van der Waals surface area contributed by atoms with Crippen LogP contribution in [0.4, 0.5) is 10.5 Å². The number of carboxylic acid groups (broad SMARTS) is 1. The van der Waals surface area contributed by atoms with E-state index in [1.54, 1.807) is 32.9 Å². The van der Waals surface area contributed by atoms with Crippen molar-refractivity contribution in [2.75, 3.05) is 5.32 Å². The summed E-state index contributed by atoms with van der Waals surface area (Å²) in [6.45, 7) is 5.15. The van der Waals surface area contributed by atoms with E-state index in [9.17, 15) is 9.59 Å². The molecule has 0 radical (unpaired) electrons. The molecule has 3 N–H and O–H groups in total. The molecule has 1 aromatic carbocycles. The Morgan fingerprint density at radius 1 is 1.24 bits per heavy atom. The molecule has 116 valence electrons. The summed E-state index contributed by atoms with van der Waals surface area (Å²) in [7, 11) is 0. The van der Waals surface area contributed by atoms with Crippen molar-refractivity contribution in [1.82, 2.24) is 5.32 Å². The van der Waals surface area contributed by atoms with Crippen molar-refractivity contribution in [2.24, 2.45) is 5.41 Å². The first-order valence-corrected chi connectivity index (χ1v) is 7.52. The molecule has 0 saturated carbocycles. The second kappa shape index (κ2) is 6.85. The molecule has 21 heavy (non-hydrogen) atoms. The van der Waals surface area contributed by atoms with E-state index in [2.05, 4.69) is 26.6 Å². The number of benzene rings is 1. The van der Waals surface area contributed by atoms with Crippen LogP contribution in [0.15, 0.2) is 16.6 Å². The highest BCUT2D eigenvalue weighted by molar-refractivity contribution is 9.10. The zero-order valence-electron chi connectivity index (χ0n) is 11.6. The van der Waals surface area contributed by atoms with Gasteiger partial charge < -0.3 is 15.7 Å². The third-order valence-corrected chi connectivity index (χ3v) is 4.44. The lowest BCUT2D eigenvalue weighted by Gasteiger charge is -2.27. The molecular weight excluding hydrogens is 383 g/mol. The number of carboxylic acids is 1. The SMILES string of the molecule is CC(C)(C)[C@@H](NC(=O)Nc1ccc(Br)c(Cl)c1Cl)C(=O)O. The van der Waals surface area contributed by atoms with Gasteiger partial charge in [-0.2, -0.15) is 0 Å². The van der Waals surface area contributed by atoms with E-state index in [0.29, 0.717) is 10.2 Å². The molecule has 0 aliphatic carbocycles. The number of aliphatic carboxylic acids is 1. The van der Waals surface area contributed by atoms with Crippen LogP contribution >= 0.6 is 39.1 Å². The Bertz CT molecular complexity index is 573. The predicted octanol–water partition coefficient (Wildman–Crippen LogP) is 4.38. The van der Waals surface area contributed by atoms with Crippen LogP contribution in [0.2, 0.25) is 10.0 Å². The van der Waals surface area contributed by atoms with E-state index in [1.807, 2.05) is 0 Å². The van der Waals surface area contributed by atoms with Crippen molar-refractivity contribution < 1.29 is 14.7 Å². The van der Waals surface area contributed by atoms with Gasteiger partial charge in [0.25, 0.3) is 0 Å². The number of urea groups is 1. The maximum absolute atomic E-state index is 11.9. The van der Waals surface area contributed by atoms with Crippen molar-refractivity contribution in [1.29, 1.82) is 0 Å². The van der Waals surface area contributed by atoms with Gasteiger partial charge in [0.2, 0.25) is 0 Å². The van der Waals surface area contributed by atoms with Gasteiger partial charge in [-0.15, -0.1) is 0 Å². The number of amides is 2. The lowest BCUT2D eigenvalue weighted by atomic mass is 9.87.